The van der Waals surface area contributed by atoms with Gasteiger partial charge >= 0.3 is 0 Å². The molecule has 2 N–H and O–H groups in total. The zero-order valence-electron chi connectivity index (χ0n) is 9.16. The molecule has 1 rings (SSSR count). The number of rotatable bonds is 6. The Morgan fingerprint density at radius 3 is 2.67 bits per heavy atom. The summed E-state index contributed by atoms with van der Waals surface area (Å²) in [7, 11) is 0. The summed E-state index contributed by atoms with van der Waals surface area (Å²) in [5.74, 6) is 0. The number of hydrogen-bond donors (Lipinski definition) is 2. The van der Waals surface area contributed by atoms with Crippen molar-refractivity contribution in [2.75, 3.05) is 6.61 Å². The highest BCUT2D eigenvalue weighted by Crippen LogP contribution is 2.22. The summed E-state index contributed by atoms with van der Waals surface area (Å²) in [5.41, 5.74) is 0. The van der Waals surface area contributed by atoms with Gasteiger partial charge in [-0.05, 0) is 38.8 Å². The zero-order chi connectivity index (χ0) is 11.3. The summed E-state index contributed by atoms with van der Waals surface area (Å²) in [5, 5.41) is 12.2. The predicted molar refractivity (Wildman–Crippen MR) is 66.8 cm³/mol. The molecule has 0 bridgehead atoms. The lowest BCUT2D eigenvalue weighted by Crippen LogP contribution is -2.36. The molecule has 0 amide bonds. The molecule has 1 aromatic heterocycles. The number of thiophene rings is 1. The maximum atomic E-state index is 8.89. The van der Waals surface area contributed by atoms with Crippen molar-refractivity contribution in [3.8, 4) is 0 Å². The van der Waals surface area contributed by atoms with Gasteiger partial charge in [0.1, 0.15) is 0 Å². The minimum atomic E-state index is 0.173. The van der Waals surface area contributed by atoms with E-state index in [1.807, 2.05) is 13.0 Å². The Balaban J connectivity index is 2.25. The van der Waals surface area contributed by atoms with Gasteiger partial charge in [-0.25, -0.2) is 0 Å². The molecule has 4 heteroatoms. The number of nitrogens with one attached hydrogen (secondary N) is 1. The lowest BCUT2D eigenvalue weighted by molar-refractivity contribution is 0.241. The molecule has 1 heterocycles. The second-order valence-electron chi connectivity index (χ2n) is 3.90. The summed E-state index contributed by atoms with van der Waals surface area (Å²) in [6.07, 6.45) is 2.12. The first-order chi connectivity index (χ1) is 7.11. The standard InChI is InChI=1S/C11H18ClNOS/c1-8(13-9(2)7-14)3-4-10-5-6-11(12)15-10/h5-6,8-9,13-14H,3-4,7H2,1-2H3/t8?,9-/m1/s1. The fourth-order valence-corrected chi connectivity index (χ4v) is 2.57. The summed E-state index contributed by atoms with van der Waals surface area (Å²) in [6, 6.07) is 4.62. The number of hydrogen-bond acceptors (Lipinski definition) is 3. The average Bonchev–Trinajstić information content (AvgIpc) is 2.61. The highest BCUT2D eigenvalue weighted by atomic mass is 35.5. The number of aliphatic hydroxyl groups is 1. The highest BCUT2D eigenvalue weighted by Gasteiger charge is 2.07. The van der Waals surface area contributed by atoms with E-state index in [-0.39, 0.29) is 12.6 Å². The molecule has 0 aromatic carbocycles. The molecule has 0 saturated heterocycles. The monoisotopic (exact) mass is 247 g/mol. The zero-order valence-corrected chi connectivity index (χ0v) is 10.7. The summed E-state index contributed by atoms with van der Waals surface area (Å²) < 4.78 is 0.856. The number of aliphatic hydroxyl groups excluding tert-OH is 1. The molecule has 0 fully saturated rings. The van der Waals surface area contributed by atoms with Crippen molar-refractivity contribution in [2.24, 2.45) is 0 Å². The molecule has 1 unspecified atom stereocenters. The van der Waals surface area contributed by atoms with Crippen molar-refractivity contribution in [3.05, 3.63) is 21.3 Å². The van der Waals surface area contributed by atoms with Crippen molar-refractivity contribution in [3.63, 3.8) is 0 Å². The van der Waals surface area contributed by atoms with Crippen LogP contribution in [-0.2, 0) is 6.42 Å². The van der Waals surface area contributed by atoms with Crippen LogP contribution in [0.4, 0.5) is 0 Å². The Morgan fingerprint density at radius 2 is 2.13 bits per heavy atom. The van der Waals surface area contributed by atoms with E-state index in [9.17, 15) is 0 Å². The molecule has 0 radical (unpaired) electrons. The fraction of sp³-hybridized carbons (Fsp3) is 0.636. The maximum absolute atomic E-state index is 8.89. The van der Waals surface area contributed by atoms with Crippen molar-refractivity contribution in [2.45, 2.75) is 38.8 Å². The van der Waals surface area contributed by atoms with Gasteiger partial charge in [0.05, 0.1) is 10.9 Å². The Bertz CT molecular complexity index is 290. The van der Waals surface area contributed by atoms with Crippen molar-refractivity contribution >= 4 is 22.9 Å². The van der Waals surface area contributed by atoms with E-state index in [1.165, 1.54) is 4.88 Å². The van der Waals surface area contributed by atoms with E-state index in [2.05, 4.69) is 18.3 Å². The number of aryl methyl sites for hydroxylation is 1. The van der Waals surface area contributed by atoms with E-state index in [4.69, 9.17) is 16.7 Å². The van der Waals surface area contributed by atoms with Crippen LogP contribution in [0.5, 0.6) is 0 Å². The average molecular weight is 248 g/mol. The first kappa shape index (κ1) is 13.0. The van der Waals surface area contributed by atoms with Gasteiger partial charge in [-0.3, -0.25) is 0 Å². The van der Waals surface area contributed by atoms with Gasteiger partial charge in [0, 0.05) is 17.0 Å². The second-order valence-corrected chi connectivity index (χ2v) is 5.70. The van der Waals surface area contributed by atoms with E-state index in [1.54, 1.807) is 11.3 Å². The van der Waals surface area contributed by atoms with Crippen LogP contribution in [0.25, 0.3) is 0 Å². The third-order valence-electron chi connectivity index (χ3n) is 2.30. The van der Waals surface area contributed by atoms with Gasteiger partial charge in [0.2, 0.25) is 0 Å². The van der Waals surface area contributed by atoms with Gasteiger partial charge in [-0.15, -0.1) is 11.3 Å². The lowest BCUT2D eigenvalue weighted by atomic mass is 10.1. The molecule has 0 aliphatic rings. The third-order valence-corrected chi connectivity index (χ3v) is 3.59. The summed E-state index contributed by atoms with van der Waals surface area (Å²) in [4.78, 5) is 1.32. The Morgan fingerprint density at radius 1 is 1.40 bits per heavy atom. The largest absolute Gasteiger partial charge is 0.395 e. The smallest absolute Gasteiger partial charge is 0.0931 e. The first-order valence-electron chi connectivity index (χ1n) is 5.23. The van der Waals surface area contributed by atoms with E-state index >= 15 is 0 Å². The minimum Gasteiger partial charge on any atom is -0.395 e. The van der Waals surface area contributed by atoms with Crippen LogP contribution in [0.2, 0.25) is 4.34 Å². The first-order valence-corrected chi connectivity index (χ1v) is 6.42. The van der Waals surface area contributed by atoms with Gasteiger partial charge in [-0.1, -0.05) is 11.6 Å². The van der Waals surface area contributed by atoms with Crippen molar-refractivity contribution < 1.29 is 5.11 Å². The summed E-state index contributed by atoms with van der Waals surface area (Å²) >= 11 is 7.49. The molecular weight excluding hydrogens is 230 g/mol. The Kier molecular flexibility index (Phi) is 5.61. The van der Waals surface area contributed by atoms with Crippen LogP contribution in [0.3, 0.4) is 0 Å². The predicted octanol–water partition coefficient (Wildman–Crippen LogP) is 2.69. The molecule has 0 spiro atoms. The quantitative estimate of drug-likeness (QED) is 0.810. The normalized spacial score (nSPS) is 15.2. The molecule has 15 heavy (non-hydrogen) atoms. The minimum absolute atomic E-state index is 0.173. The van der Waals surface area contributed by atoms with Crippen LogP contribution in [-0.4, -0.2) is 23.8 Å². The highest BCUT2D eigenvalue weighted by molar-refractivity contribution is 7.16. The molecule has 0 aliphatic carbocycles. The maximum Gasteiger partial charge on any atom is 0.0931 e. The van der Waals surface area contributed by atoms with Gasteiger partial charge in [0.15, 0.2) is 0 Å². The van der Waals surface area contributed by atoms with E-state index in [0.717, 1.165) is 17.2 Å². The molecule has 86 valence electrons. The second kappa shape index (κ2) is 6.48. The van der Waals surface area contributed by atoms with Crippen LogP contribution < -0.4 is 5.32 Å². The van der Waals surface area contributed by atoms with Gasteiger partial charge in [0.25, 0.3) is 0 Å². The molecule has 2 atom stereocenters. The SMILES string of the molecule is CC(CCc1ccc(Cl)s1)N[C@H](C)CO. The van der Waals surface area contributed by atoms with Crippen molar-refractivity contribution in [1.82, 2.24) is 5.32 Å². The van der Waals surface area contributed by atoms with Crippen LogP contribution in [0.1, 0.15) is 25.1 Å². The molecule has 0 saturated carbocycles. The fourth-order valence-electron chi connectivity index (χ4n) is 1.47. The van der Waals surface area contributed by atoms with E-state index in [0.29, 0.717) is 6.04 Å². The third kappa shape index (κ3) is 4.98. The van der Waals surface area contributed by atoms with E-state index < -0.39 is 0 Å². The van der Waals surface area contributed by atoms with Crippen LogP contribution in [0.15, 0.2) is 12.1 Å². The van der Waals surface area contributed by atoms with Gasteiger partial charge in [-0.2, -0.15) is 0 Å². The Labute approximate surface area is 100 Å². The summed E-state index contributed by atoms with van der Waals surface area (Å²) in [6.45, 7) is 4.31. The Hall–Kier alpha value is -0.0900. The van der Waals surface area contributed by atoms with Crippen LogP contribution >= 0.6 is 22.9 Å². The lowest BCUT2D eigenvalue weighted by Gasteiger charge is -2.17. The van der Waals surface area contributed by atoms with Crippen molar-refractivity contribution in [1.29, 1.82) is 0 Å². The molecule has 2 nitrogen and oxygen atoms in total. The van der Waals surface area contributed by atoms with Gasteiger partial charge < -0.3 is 10.4 Å². The van der Waals surface area contributed by atoms with Crippen LogP contribution in [0, 0.1) is 0 Å². The number of halogens is 1. The molecular formula is C11H18ClNOS. The molecule has 0 aliphatic heterocycles. The topological polar surface area (TPSA) is 32.3 Å². The molecule has 1 aromatic rings.